The van der Waals surface area contributed by atoms with Gasteiger partial charge in [-0.15, -0.1) is 0 Å². The third kappa shape index (κ3) is 3.50. The van der Waals surface area contributed by atoms with Crippen molar-refractivity contribution in [2.45, 2.75) is 0 Å². The summed E-state index contributed by atoms with van der Waals surface area (Å²) < 4.78 is 5.65. The third-order valence-corrected chi connectivity index (χ3v) is 3.60. The summed E-state index contributed by atoms with van der Waals surface area (Å²) in [4.78, 5) is 23.6. The zero-order valence-electron chi connectivity index (χ0n) is 13.0. The van der Waals surface area contributed by atoms with Crippen molar-refractivity contribution in [3.63, 3.8) is 0 Å². The minimum Gasteiger partial charge on any atom is -0.504 e. The highest BCUT2D eigenvalue weighted by Gasteiger charge is 2.18. The van der Waals surface area contributed by atoms with Crippen molar-refractivity contribution in [2.75, 3.05) is 0 Å². The number of ether oxygens (including phenoxy) is 1. The van der Waals surface area contributed by atoms with Crippen molar-refractivity contribution in [1.29, 1.82) is 0 Å². The van der Waals surface area contributed by atoms with Gasteiger partial charge in [0, 0.05) is 5.56 Å². The van der Waals surface area contributed by atoms with Crippen molar-refractivity contribution in [2.24, 2.45) is 0 Å². The zero-order valence-corrected chi connectivity index (χ0v) is 13.0. The highest BCUT2D eigenvalue weighted by atomic mass is 16.5. The molecular formula is C20H14O5. The van der Waals surface area contributed by atoms with Crippen molar-refractivity contribution < 1.29 is 24.5 Å². The van der Waals surface area contributed by atoms with Gasteiger partial charge in [0.25, 0.3) is 0 Å². The van der Waals surface area contributed by atoms with E-state index in [1.54, 1.807) is 42.5 Å². The Bertz CT molecular complexity index is 915. The standard InChI is InChI=1S/C20H14O5/c21-17-8-4-7-16(18(22)13-5-2-1-3-6-13)19(17)25-15-11-9-14(10-12-15)20(23)24/h1-12,21H,(H,23,24). The summed E-state index contributed by atoms with van der Waals surface area (Å²) >= 11 is 0. The van der Waals surface area contributed by atoms with Gasteiger partial charge in [-0.1, -0.05) is 36.4 Å². The summed E-state index contributed by atoms with van der Waals surface area (Å²) in [5, 5.41) is 19.0. The van der Waals surface area contributed by atoms with Gasteiger partial charge in [-0.3, -0.25) is 4.79 Å². The maximum absolute atomic E-state index is 12.7. The first-order chi connectivity index (χ1) is 12.1. The number of aromatic hydroxyl groups is 1. The van der Waals surface area contributed by atoms with Crippen LogP contribution in [0.1, 0.15) is 26.3 Å². The number of rotatable bonds is 5. The van der Waals surface area contributed by atoms with Gasteiger partial charge in [0.15, 0.2) is 17.3 Å². The molecule has 0 unspecified atom stereocenters. The first-order valence-corrected chi connectivity index (χ1v) is 7.49. The predicted octanol–water partition coefficient (Wildman–Crippen LogP) is 4.11. The summed E-state index contributed by atoms with van der Waals surface area (Å²) in [6.45, 7) is 0. The van der Waals surface area contributed by atoms with Crippen molar-refractivity contribution >= 4 is 11.8 Å². The molecule has 0 aliphatic rings. The average Bonchev–Trinajstić information content (AvgIpc) is 2.64. The molecule has 0 fully saturated rings. The number of ketones is 1. The Balaban J connectivity index is 1.96. The van der Waals surface area contributed by atoms with Crippen LogP contribution in [0.2, 0.25) is 0 Å². The van der Waals surface area contributed by atoms with Crippen molar-refractivity contribution in [3.05, 3.63) is 89.5 Å². The van der Waals surface area contributed by atoms with Crippen LogP contribution in [0, 0.1) is 0 Å². The van der Waals surface area contributed by atoms with E-state index >= 15 is 0 Å². The van der Waals surface area contributed by atoms with Gasteiger partial charge in [-0.05, 0) is 36.4 Å². The minimum atomic E-state index is -1.05. The van der Waals surface area contributed by atoms with E-state index in [0.29, 0.717) is 11.3 Å². The van der Waals surface area contributed by atoms with Crippen LogP contribution in [0.4, 0.5) is 0 Å². The van der Waals surface area contributed by atoms with Gasteiger partial charge in [-0.25, -0.2) is 4.79 Å². The molecule has 0 aliphatic heterocycles. The lowest BCUT2D eigenvalue weighted by Crippen LogP contribution is -2.04. The molecule has 0 radical (unpaired) electrons. The van der Waals surface area contributed by atoms with Crippen LogP contribution >= 0.6 is 0 Å². The number of carbonyl (C=O) groups excluding carboxylic acids is 1. The molecule has 0 atom stereocenters. The average molecular weight is 334 g/mol. The van der Waals surface area contributed by atoms with E-state index in [1.807, 2.05) is 0 Å². The molecule has 0 saturated carbocycles. The molecule has 25 heavy (non-hydrogen) atoms. The van der Waals surface area contributed by atoms with Crippen LogP contribution in [0.15, 0.2) is 72.8 Å². The van der Waals surface area contributed by atoms with Gasteiger partial charge >= 0.3 is 5.97 Å². The van der Waals surface area contributed by atoms with Crippen LogP contribution < -0.4 is 4.74 Å². The zero-order chi connectivity index (χ0) is 17.8. The Morgan fingerprint density at radius 3 is 2.08 bits per heavy atom. The molecule has 124 valence electrons. The molecule has 2 N–H and O–H groups in total. The van der Waals surface area contributed by atoms with Crippen molar-refractivity contribution in [3.8, 4) is 17.2 Å². The molecule has 0 saturated heterocycles. The highest BCUT2D eigenvalue weighted by molar-refractivity contribution is 6.11. The molecule has 3 aromatic carbocycles. The Hall–Kier alpha value is -3.60. The highest BCUT2D eigenvalue weighted by Crippen LogP contribution is 2.35. The second-order valence-electron chi connectivity index (χ2n) is 5.28. The maximum Gasteiger partial charge on any atom is 0.335 e. The first kappa shape index (κ1) is 16.3. The number of carbonyl (C=O) groups is 2. The second kappa shape index (κ2) is 6.88. The van der Waals surface area contributed by atoms with Crippen LogP contribution in [0.3, 0.4) is 0 Å². The minimum absolute atomic E-state index is 0.0272. The normalized spacial score (nSPS) is 10.2. The number of phenols is 1. The van der Waals surface area contributed by atoms with Gasteiger partial charge in [0.1, 0.15) is 5.75 Å². The van der Waals surface area contributed by atoms with Crippen molar-refractivity contribution in [1.82, 2.24) is 0 Å². The number of carboxylic acid groups (broad SMARTS) is 1. The Morgan fingerprint density at radius 2 is 1.44 bits per heavy atom. The molecule has 5 nitrogen and oxygen atoms in total. The summed E-state index contributed by atoms with van der Waals surface area (Å²) in [6, 6.07) is 18.9. The Kier molecular flexibility index (Phi) is 4.48. The Labute approximate surface area is 143 Å². The molecule has 0 spiro atoms. The van der Waals surface area contributed by atoms with Gasteiger partial charge in [-0.2, -0.15) is 0 Å². The molecule has 0 heterocycles. The largest absolute Gasteiger partial charge is 0.504 e. The van der Waals surface area contributed by atoms with E-state index in [-0.39, 0.29) is 28.4 Å². The van der Waals surface area contributed by atoms with E-state index in [1.165, 1.54) is 30.3 Å². The summed E-state index contributed by atoms with van der Waals surface area (Å²) in [7, 11) is 0. The van der Waals surface area contributed by atoms with E-state index in [9.17, 15) is 14.7 Å². The lowest BCUT2D eigenvalue weighted by atomic mass is 10.0. The molecule has 5 heteroatoms. The first-order valence-electron chi connectivity index (χ1n) is 7.49. The van der Waals surface area contributed by atoms with Crippen LogP contribution in [0.5, 0.6) is 17.2 Å². The molecule has 3 aromatic rings. The molecule has 0 aliphatic carbocycles. The summed E-state index contributed by atoms with van der Waals surface area (Å²) in [6.07, 6.45) is 0. The monoisotopic (exact) mass is 334 g/mol. The van der Waals surface area contributed by atoms with E-state index < -0.39 is 5.97 Å². The third-order valence-electron chi connectivity index (χ3n) is 3.60. The number of hydrogen-bond donors (Lipinski definition) is 2. The van der Waals surface area contributed by atoms with Crippen LogP contribution in [-0.4, -0.2) is 22.0 Å². The fraction of sp³-hybridized carbons (Fsp3) is 0. The number of phenolic OH excluding ortho intramolecular Hbond substituents is 1. The quantitative estimate of drug-likeness (QED) is 0.686. The lowest BCUT2D eigenvalue weighted by molar-refractivity contribution is 0.0696. The van der Waals surface area contributed by atoms with Gasteiger partial charge in [0.2, 0.25) is 0 Å². The lowest BCUT2D eigenvalue weighted by Gasteiger charge is -2.12. The fourth-order valence-electron chi connectivity index (χ4n) is 2.34. The number of carboxylic acids is 1. The molecule has 0 amide bonds. The van der Waals surface area contributed by atoms with E-state index in [2.05, 4.69) is 0 Å². The molecule has 3 rings (SSSR count). The topological polar surface area (TPSA) is 83.8 Å². The predicted molar refractivity (Wildman–Crippen MR) is 91.5 cm³/mol. The second-order valence-corrected chi connectivity index (χ2v) is 5.28. The van der Waals surface area contributed by atoms with E-state index in [4.69, 9.17) is 9.84 Å². The van der Waals surface area contributed by atoms with Gasteiger partial charge in [0.05, 0.1) is 11.1 Å². The maximum atomic E-state index is 12.7. The van der Waals surface area contributed by atoms with Crippen LogP contribution in [-0.2, 0) is 0 Å². The number of benzene rings is 3. The van der Waals surface area contributed by atoms with E-state index in [0.717, 1.165) is 0 Å². The van der Waals surface area contributed by atoms with Gasteiger partial charge < -0.3 is 14.9 Å². The Morgan fingerprint density at radius 1 is 0.760 bits per heavy atom. The summed E-state index contributed by atoms with van der Waals surface area (Å²) in [5.41, 5.74) is 0.804. The van der Waals surface area contributed by atoms with Crippen LogP contribution in [0.25, 0.3) is 0 Å². The smallest absolute Gasteiger partial charge is 0.335 e. The summed E-state index contributed by atoms with van der Waals surface area (Å²) in [5.74, 6) is -1.17. The SMILES string of the molecule is O=C(O)c1ccc(Oc2c(O)cccc2C(=O)c2ccccc2)cc1. The molecular weight excluding hydrogens is 320 g/mol. The fourth-order valence-corrected chi connectivity index (χ4v) is 2.34. The molecule has 0 aromatic heterocycles. The molecule has 0 bridgehead atoms. The number of hydrogen-bond acceptors (Lipinski definition) is 4. The number of aromatic carboxylic acids is 1. The number of para-hydroxylation sites is 1.